The smallest absolute Gasteiger partial charge is 0.346 e. The molecule has 134 valence electrons. The van der Waals surface area contributed by atoms with Crippen LogP contribution >= 0.6 is 46.1 Å². The SMILES string of the molecule is NC(=O)c1cc(Cl)c(OCc2c(C(=O)O)sc3cccc(Cl)c23)c(Cl)c1. The van der Waals surface area contributed by atoms with E-state index < -0.39 is 11.9 Å². The Balaban J connectivity index is 2.02. The summed E-state index contributed by atoms with van der Waals surface area (Å²) < 4.78 is 6.40. The molecule has 0 aliphatic rings. The number of ether oxygens (including phenoxy) is 1. The van der Waals surface area contributed by atoms with Gasteiger partial charge in [0, 0.05) is 26.2 Å². The lowest BCUT2D eigenvalue weighted by Gasteiger charge is -2.11. The van der Waals surface area contributed by atoms with Gasteiger partial charge in [0.25, 0.3) is 0 Å². The molecule has 0 saturated heterocycles. The van der Waals surface area contributed by atoms with Crippen LogP contribution in [0.2, 0.25) is 15.1 Å². The summed E-state index contributed by atoms with van der Waals surface area (Å²) in [5, 5.41) is 10.7. The summed E-state index contributed by atoms with van der Waals surface area (Å²) in [5.41, 5.74) is 5.78. The lowest BCUT2D eigenvalue weighted by Crippen LogP contribution is -2.11. The summed E-state index contributed by atoms with van der Waals surface area (Å²) in [7, 11) is 0. The van der Waals surface area contributed by atoms with Crippen molar-refractivity contribution in [2.75, 3.05) is 0 Å². The second-order valence-electron chi connectivity index (χ2n) is 5.25. The fourth-order valence-electron chi connectivity index (χ4n) is 2.46. The summed E-state index contributed by atoms with van der Waals surface area (Å²) in [6.45, 7) is -0.110. The maximum Gasteiger partial charge on any atom is 0.346 e. The van der Waals surface area contributed by atoms with Gasteiger partial charge >= 0.3 is 5.97 Å². The largest absolute Gasteiger partial charge is 0.486 e. The number of carboxylic acid groups (broad SMARTS) is 1. The van der Waals surface area contributed by atoms with Crippen LogP contribution in [0.1, 0.15) is 25.6 Å². The van der Waals surface area contributed by atoms with E-state index in [1.165, 1.54) is 12.1 Å². The molecule has 5 nitrogen and oxygen atoms in total. The Morgan fingerprint density at radius 2 is 1.77 bits per heavy atom. The first-order valence-electron chi connectivity index (χ1n) is 7.14. The number of carbonyl (C=O) groups excluding carboxylic acids is 1. The molecular formula is C17H10Cl3NO4S. The molecule has 0 saturated carbocycles. The summed E-state index contributed by atoms with van der Waals surface area (Å²) in [6.07, 6.45) is 0. The van der Waals surface area contributed by atoms with Gasteiger partial charge in [-0.1, -0.05) is 40.9 Å². The van der Waals surface area contributed by atoms with Crippen molar-refractivity contribution in [3.63, 3.8) is 0 Å². The predicted molar refractivity (Wildman–Crippen MR) is 103 cm³/mol. The third kappa shape index (κ3) is 3.46. The Morgan fingerprint density at radius 3 is 2.35 bits per heavy atom. The quantitative estimate of drug-likeness (QED) is 0.579. The van der Waals surface area contributed by atoms with Gasteiger partial charge in [0.15, 0.2) is 5.75 Å². The zero-order chi connectivity index (χ0) is 19.0. The van der Waals surface area contributed by atoms with Crippen LogP contribution in [-0.2, 0) is 6.61 Å². The Hall–Kier alpha value is -1.99. The van der Waals surface area contributed by atoms with Crippen LogP contribution in [0.4, 0.5) is 0 Å². The van der Waals surface area contributed by atoms with Gasteiger partial charge in [0.1, 0.15) is 11.5 Å². The highest BCUT2D eigenvalue weighted by atomic mass is 35.5. The lowest BCUT2D eigenvalue weighted by atomic mass is 10.1. The van der Waals surface area contributed by atoms with Gasteiger partial charge in [-0.2, -0.15) is 0 Å². The number of aromatic carboxylic acids is 1. The lowest BCUT2D eigenvalue weighted by molar-refractivity contribution is 0.0699. The maximum atomic E-state index is 11.6. The molecule has 1 amide bonds. The summed E-state index contributed by atoms with van der Waals surface area (Å²) in [6, 6.07) is 7.87. The monoisotopic (exact) mass is 429 g/mol. The highest BCUT2D eigenvalue weighted by molar-refractivity contribution is 7.21. The molecule has 0 bridgehead atoms. The van der Waals surface area contributed by atoms with E-state index in [0.717, 1.165) is 16.0 Å². The zero-order valence-electron chi connectivity index (χ0n) is 12.9. The Bertz CT molecular complexity index is 1020. The van der Waals surface area contributed by atoms with E-state index in [4.69, 9.17) is 45.3 Å². The van der Waals surface area contributed by atoms with E-state index in [1.54, 1.807) is 18.2 Å². The van der Waals surface area contributed by atoms with Crippen molar-refractivity contribution < 1.29 is 19.4 Å². The average Bonchev–Trinajstić information content (AvgIpc) is 2.94. The molecule has 26 heavy (non-hydrogen) atoms. The second kappa shape index (κ2) is 7.32. The highest BCUT2D eigenvalue weighted by Crippen LogP contribution is 2.39. The number of benzene rings is 2. The molecule has 9 heteroatoms. The van der Waals surface area contributed by atoms with Crippen molar-refractivity contribution in [2.45, 2.75) is 6.61 Å². The fourth-order valence-corrected chi connectivity index (χ4v) is 4.48. The Labute approximate surface area is 166 Å². The number of carboxylic acids is 1. The van der Waals surface area contributed by atoms with Gasteiger partial charge in [-0.25, -0.2) is 4.79 Å². The van der Waals surface area contributed by atoms with Crippen LogP contribution in [0.15, 0.2) is 30.3 Å². The number of fused-ring (bicyclic) bond motifs is 1. The van der Waals surface area contributed by atoms with Crippen molar-refractivity contribution in [3.05, 3.63) is 61.4 Å². The first kappa shape index (κ1) is 18.8. The molecule has 1 aromatic heterocycles. The predicted octanol–water partition coefficient (Wildman–Crippen LogP) is 5.24. The molecule has 0 atom stereocenters. The van der Waals surface area contributed by atoms with E-state index in [2.05, 4.69) is 0 Å². The van der Waals surface area contributed by atoms with Crippen LogP contribution in [0.25, 0.3) is 10.1 Å². The topological polar surface area (TPSA) is 89.6 Å². The molecule has 3 rings (SSSR count). The first-order valence-corrected chi connectivity index (χ1v) is 9.09. The van der Waals surface area contributed by atoms with E-state index in [-0.39, 0.29) is 32.8 Å². The third-order valence-electron chi connectivity index (χ3n) is 3.60. The van der Waals surface area contributed by atoms with Crippen LogP contribution < -0.4 is 10.5 Å². The Kier molecular flexibility index (Phi) is 5.29. The number of carbonyl (C=O) groups is 2. The number of hydrogen-bond donors (Lipinski definition) is 2. The molecule has 0 spiro atoms. The molecule has 0 aliphatic carbocycles. The average molecular weight is 431 g/mol. The van der Waals surface area contributed by atoms with Crippen LogP contribution in [0.3, 0.4) is 0 Å². The van der Waals surface area contributed by atoms with Crippen molar-refractivity contribution in [1.29, 1.82) is 0 Å². The Morgan fingerprint density at radius 1 is 1.12 bits per heavy atom. The molecule has 0 fully saturated rings. The molecule has 3 aromatic rings. The summed E-state index contributed by atoms with van der Waals surface area (Å²) >= 11 is 19.6. The van der Waals surface area contributed by atoms with Gasteiger partial charge in [-0.15, -0.1) is 11.3 Å². The molecule has 0 unspecified atom stereocenters. The highest BCUT2D eigenvalue weighted by Gasteiger charge is 2.21. The first-order chi connectivity index (χ1) is 12.3. The van der Waals surface area contributed by atoms with Gasteiger partial charge in [-0.3, -0.25) is 4.79 Å². The number of thiophene rings is 1. The number of nitrogens with two attached hydrogens (primary N) is 1. The number of hydrogen-bond acceptors (Lipinski definition) is 4. The van der Waals surface area contributed by atoms with Crippen molar-refractivity contribution in [1.82, 2.24) is 0 Å². The normalized spacial score (nSPS) is 10.9. The van der Waals surface area contributed by atoms with Gasteiger partial charge in [0.2, 0.25) is 5.91 Å². The molecule has 2 aromatic carbocycles. The molecular weight excluding hydrogens is 421 g/mol. The van der Waals surface area contributed by atoms with Gasteiger partial charge in [0.05, 0.1) is 10.0 Å². The summed E-state index contributed by atoms with van der Waals surface area (Å²) in [4.78, 5) is 22.9. The van der Waals surface area contributed by atoms with E-state index in [0.29, 0.717) is 16.0 Å². The minimum atomic E-state index is -1.08. The number of amides is 1. The molecule has 0 radical (unpaired) electrons. The van der Waals surface area contributed by atoms with Gasteiger partial charge in [-0.05, 0) is 24.3 Å². The molecule has 0 aliphatic heterocycles. The molecule has 3 N–H and O–H groups in total. The van der Waals surface area contributed by atoms with Crippen LogP contribution in [-0.4, -0.2) is 17.0 Å². The number of rotatable bonds is 5. The van der Waals surface area contributed by atoms with Crippen LogP contribution in [0.5, 0.6) is 5.75 Å². The van der Waals surface area contributed by atoms with E-state index in [1.807, 2.05) is 0 Å². The third-order valence-corrected chi connectivity index (χ3v) is 5.66. The van der Waals surface area contributed by atoms with Crippen molar-refractivity contribution >= 4 is 68.1 Å². The van der Waals surface area contributed by atoms with E-state index in [9.17, 15) is 14.7 Å². The van der Waals surface area contributed by atoms with E-state index >= 15 is 0 Å². The van der Waals surface area contributed by atoms with Gasteiger partial charge < -0.3 is 15.6 Å². The van der Waals surface area contributed by atoms with Crippen molar-refractivity contribution in [2.24, 2.45) is 5.73 Å². The number of primary amides is 1. The second-order valence-corrected chi connectivity index (χ2v) is 7.52. The maximum absolute atomic E-state index is 11.6. The van der Waals surface area contributed by atoms with Crippen LogP contribution in [0, 0.1) is 0 Å². The van der Waals surface area contributed by atoms with Crippen molar-refractivity contribution in [3.8, 4) is 5.75 Å². The molecule has 1 heterocycles. The minimum Gasteiger partial charge on any atom is -0.486 e. The summed E-state index contributed by atoms with van der Waals surface area (Å²) in [5.74, 6) is -1.63. The minimum absolute atomic E-state index is 0.0915. The fraction of sp³-hybridized carbons (Fsp3) is 0.0588. The zero-order valence-corrected chi connectivity index (χ0v) is 16.0. The number of halogens is 3. The standard InChI is InChI=1S/C17H10Cl3NO4S/c18-9-2-1-3-12-13(9)8(15(26-12)17(23)24)6-25-14-10(19)4-7(16(21)22)5-11(14)20/h1-5H,6H2,(H2,21,22)(H,23,24).